The molecule has 1 heterocycles. The van der Waals surface area contributed by atoms with Crippen LogP contribution in [0.25, 0.3) is 0 Å². The van der Waals surface area contributed by atoms with Crippen LogP contribution in [0.15, 0.2) is 53.6 Å². The molecule has 0 amide bonds. The van der Waals surface area contributed by atoms with E-state index in [4.69, 9.17) is 17.3 Å². The Morgan fingerprint density at radius 3 is 2.21 bits per heavy atom. The van der Waals surface area contributed by atoms with Crippen molar-refractivity contribution < 1.29 is 13.2 Å². The molecule has 1 aliphatic rings. The summed E-state index contributed by atoms with van der Waals surface area (Å²) in [7, 11) is 0. The lowest BCUT2D eigenvalue weighted by atomic mass is 9.92. The largest absolute Gasteiger partial charge is 0.416 e. The highest BCUT2D eigenvalue weighted by Gasteiger charge is 2.36. The number of anilines is 1. The zero-order chi connectivity index (χ0) is 17.5. The van der Waals surface area contributed by atoms with E-state index in [1.54, 1.807) is 17.1 Å². The third-order valence-electron chi connectivity index (χ3n) is 3.85. The molecule has 3 nitrogen and oxygen atoms in total. The first-order valence-electron chi connectivity index (χ1n) is 7.25. The van der Waals surface area contributed by atoms with Crippen molar-refractivity contribution in [2.75, 3.05) is 11.6 Å². The Hall–Kier alpha value is -2.05. The van der Waals surface area contributed by atoms with Crippen molar-refractivity contribution >= 4 is 23.0 Å². The fraction of sp³-hybridized carbons (Fsp3) is 0.235. The summed E-state index contributed by atoms with van der Waals surface area (Å²) in [6.07, 6.45) is -4.36. The van der Waals surface area contributed by atoms with Crippen LogP contribution >= 0.6 is 11.6 Å². The van der Waals surface area contributed by atoms with Crippen molar-refractivity contribution in [1.82, 2.24) is 0 Å². The summed E-state index contributed by atoms with van der Waals surface area (Å²) in [5.41, 5.74) is 6.97. The lowest BCUT2D eigenvalue weighted by Crippen LogP contribution is -2.47. The van der Waals surface area contributed by atoms with Gasteiger partial charge >= 0.3 is 6.18 Å². The zero-order valence-corrected chi connectivity index (χ0v) is 13.6. The minimum atomic E-state index is -4.36. The minimum absolute atomic E-state index is 0.371. The van der Waals surface area contributed by atoms with E-state index < -0.39 is 17.3 Å². The predicted molar refractivity (Wildman–Crippen MR) is 89.4 cm³/mol. The van der Waals surface area contributed by atoms with Gasteiger partial charge in [-0.05, 0) is 48.9 Å². The number of hydrogen-bond acceptors (Lipinski definition) is 3. The van der Waals surface area contributed by atoms with Gasteiger partial charge in [-0.25, -0.2) is 0 Å². The normalized spacial score (nSPS) is 21.1. The highest BCUT2D eigenvalue weighted by Crippen LogP contribution is 2.32. The minimum Gasteiger partial charge on any atom is -0.319 e. The smallest absolute Gasteiger partial charge is 0.319 e. The average Bonchev–Trinajstić information content (AvgIpc) is 2.83. The van der Waals surface area contributed by atoms with Gasteiger partial charge in [0.25, 0.3) is 0 Å². The van der Waals surface area contributed by atoms with Crippen LogP contribution in [-0.4, -0.2) is 17.8 Å². The molecule has 2 aromatic carbocycles. The van der Waals surface area contributed by atoms with Crippen LogP contribution in [0, 0.1) is 0 Å². The van der Waals surface area contributed by atoms with E-state index in [0.29, 0.717) is 23.0 Å². The third-order valence-corrected chi connectivity index (χ3v) is 4.10. The molecule has 0 spiro atoms. The summed E-state index contributed by atoms with van der Waals surface area (Å²) < 4.78 is 38.0. The van der Waals surface area contributed by atoms with E-state index >= 15 is 0 Å². The van der Waals surface area contributed by atoms with Crippen molar-refractivity contribution in [1.29, 1.82) is 0 Å². The standard InChI is InChI=1S/C17H15ClF3N3/c1-16(22)10-24(14-8-4-12(5-9-14)17(19,20)21)23-15(16)11-2-6-13(18)7-3-11/h2-9H,10,22H2,1H3. The van der Waals surface area contributed by atoms with Crippen LogP contribution in [0.1, 0.15) is 18.1 Å². The third kappa shape index (κ3) is 3.25. The van der Waals surface area contributed by atoms with Crippen LogP contribution < -0.4 is 10.7 Å². The SMILES string of the molecule is CC1(N)CN(c2ccc(C(F)(F)F)cc2)N=C1c1ccc(Cl)cc1. The second-order valence-corrected chi connectivity index (χ2v) is 6.41. The molecule has 2 N–H and O–H groups in total. The Kier molecular flexibility index (Phi) is 4.05. The molecule has 0 radical (unpaired) electrons. The Morgan fingerprint density at radius 1 is 1.08 bits per heavy atom. The van der Waals surface area contributed by atoms with Crippen LogP contribution in [0.4, 0.5) is 18.9 Å². The van der Waals surface area contributed by atoms with Gasteiger partial charge in [-0.3, -0.25) is 5.01 Å². The van der Waals surface area contributed by atoms with Gasteiger partial charge in [0, 0.05) is 5.02 Å². The number of halogens is 4. The van der Waals surface area contributed by atoms with Crippen molar-refractivity contribution in [3.63, 3.8) is 0 Å². The molecular weight excluding hydrogens is 339 g/mol. The predicted octanol–water partition coefficient (Wildman–Crippen LogP) is 4.30. The molecular formula is C17H15ClF3N3. The molecule has 0 fully saturated rings. The molecule has 0 bridgehead atoms. The van der Waals surface area contributed by atoms with Crippen LogP contribution in [0.5, 0.6) is 0 Å². The van der Waals surface area contributed by atoms with E-state index in [1.165, 1.54) is 12.1 Å². The van der Waals surface area contributed by atoms with Gasteiger partial charge in [0.05, 0.1) is 29.0 Å². The number of alkyl halides is 3. The summed E-state index contributed by atoms with van der Waals surface area (Å²) >= 11 is 5.89. The van der Waals surface area contributed by atoms with E-state index in [0.717, 1.165) is 17.7 Å². The van der Waals surface area contributed by atoms with Gasteiger partial charge in [-0.15, -0.1) is 0 Å². The van der Waals surface area contributed by atoms with E-state index in [2.05, 4.69) is 5.10 Å². The molecule has 1 aliphatic heterocycles. The average molecular weight is 354 g/mol. The number of nitrogens with two attached hydrogens (primary N) is 1. The fourth-order valence-electron chi connectivity index (χ4n) is 2.62. The lowest BCUT2D eigenvalue weighted by Gasteiger charge is -2.21. The van der Waals surface area contributed by atoms with Crippen LogP contribution in [0.3, 0.4) is 0 Å². The monoisotopic (exact) mass is 353 g/mol. The van der Waals surface area contributed by atoms with Gasteiger partial charge < -0.3 is 5.73 Å². The van der Waals surface area contributed by atoms with Crippen molar-refractivity contribution in [3.8, 4) is 0 Å². The second-order valence-electron chi connectivity index (χ2n) is 5.98. The highest BCUT2D eigenvalue weighted by atomic mass is 35.5. The van der Waals surface area contributed by atoms with Gasteiger partial charge in [-0.2, -0.15) is 18.3 Å². The summed E-state index contributed by atoms with van der Waals surface area (Å²) in [5, 5.41) is 6.73. The number of nitrogens with zero attached hydrogens (tertiary/aromatic N) is 2. The first-order valence-corrected chi connectivity index (χ1v) is 7.63. The summed E-state index contributed by atoms with van der Waals surface area (Å²) in [5.74, 6) is 0. The quantitative estimate of drug-likeness (QED) is 0.874. The van der Waals surface area contributed by atoms with Crippen LogP contribution in [0.2, 0.25) is 5.02 Å². The fourth-order valence-corrected chi connectivity index (χ4v) is 2.75. The van der Waals surface area contributed by atoms with E-state index in [9.17, 15) is 13.2 Å². The summed E-state index contributed by atoms with van der Waals surface area (Å²) in [4.78, 5) is 0. The maximum absolute atomic E-state index is 12.7. The van der Waals surface area contributed by atoms with Gasteiger partial charge in [0.1, 0.15) is 0 Å². The Bertz CT molecular complexity index is 765. The Balaban J connectivity index is 1.91. The maximum atomic E-state index is 12.7. The first-order chi connectivity index (χ1) is 11.2. The van der Waals surface area contributed by atoms with Crippen molar-refractivity contribution in [2.45, 2.75) is 18.6 Å². The molecule has 24 heavy (non-hydrogen) atoms. The van der Waals surface area contributed by atoms with Gasteiger partial charge in [0.2, 0.25) is 0 Å². The zero-order valence-electron chi connectivity index (χ0n) is 12.8. The lowest BCUT2D eigenvalue weighted by molar-refractivity contribution is -0.137. The second kappa shape index (κ2) is 5.79. The first kappa shape index (κ1) is 16.8. The van der Waals surface area contributed by atoms with Crippen LogP contribution in [-0.2, 0) is 6.18 Å². The molecule has 1 unspecified atom stereocenters. The highest BCUT2D eigenvalue weighted by molar-refractivity contribution is 6.30. The molecule has 1 atom stereocenters. The molecule has 0 saturated carbocycles. The Morgan fingerprint density at radius 2 is 1.67 bits per heavy atom. The molecule has 3 rings (SSSR count). The van der Waals surface area contributed by atoms with E-state index in [-0.39, 0.29) is 0 Å². The summed E-state index contributed by atoms with van der Waals surface area (Å²) in [6.45, 7) is 2.21. The number of hydrogen-bond donors (Lipinski definition) is 1. The van der Waals surface area contributed by atoms with Gasteiger partial charge in [0.15, 0.2) is 0 Å². The van der Waals surface area contributed by atoms with Crippen molar-refractivity contribution in [3.05, 3.63) is 64.7 Å². The number of hydrazone groups is 1. The molecule has 0 aliphatic carbocycles. The van der Waals surface area contributed by atoms with E-state index in [1.807, 2.05) is 19.1 Å². The maximum Gasteiger partial charge on any atom is 0.416 e. The topological polar surface area (TPSA) is 41.6 Å². The molecule has 0 aromatic heterocycles. The Labute approximate surface area is 142 Å². The summed E-state index contributed by atoms with van der Waals surface area (Å²) in [6, 6.07) is 12.0. The molecule has 7 heteroatoms. The molecule has 0 saturated heterocycles. The molecule has 126 valence electrons. The van der Waals surface area contributed by atoms with Crippen molar-refractivity contribution in [2.24, 2.45) is 10.8 Å². The van der Waals surface area contributed by atoms with Gasteiger partial charge in [-0.1, -0.05) is 23.7 Å². The number of benzene rings is 2. The molecule has 2 aromatic rings. The number of rotatable bonds is 2.